The van der Waals surface area contributed by atoms with Gasteiger partial charge >= 0.3 is 0 Å². The van der Waals surface area contributed by atoms with Gasteiger partial charge in [-0.2, -0.15) is 0 Å². The SMILES string of the molecule is CCc1ccccc1NC(=O)CS(=O)CCO. The van der Waals surface area contributed by atoms with Crippen LogP contribution in [0.3, 0.4) is 0 Å². The van der Waals surface area contributed by atoms with E-state index in [0.717, 1.165) is 17.7 Å². The van der Waals surface area contributed by atoms with Crippen LogP contribution in [0.1, 0.15) is 12.5 Å². The fraction of sp³-hybridized carbons (Fsp3) is 0.417. The van der Waals surface area contributed by atoms with Gasteiger partial charge in [-0.3, -0.25) is 9.00 Å². The first-order chi connectivity index (χ1) is 8.17. The molecule has 0 saturated carbocycles. The van der Waals surface area contributed by atoms with E-state index in [4.69, 9.17) is 5.11 Å². The van der Waals surface area contributed by atoms with E-state index in [1.54, 1.807) is 0 Å². The van der Waals surface area contributed by atoms with Crippen LogP contribution < -0.4 is 5.32 Å². The molecule has 0 saturated heterocycles. The van der Waals surface area contributed by atoms with Crippen molar-refractivity contribution >= 4 is 22.4 Å². The average Bonchev–Trinajstić information content (AvgIpc) is 2.29. The van der Waals surface area contributed by atoms with E-state index >= 15 is 0 Å². The van der Waals surface area contributed by atoms with Crippen molar-refractivity contribution in [2.75, 3.05) is 23.4 Å². The largest absolute Gasteiger partial charge is 0.395 e. The number of benzene rings is 1. The van der Waals surface area contributed by atoms with E-state index < -0.39 is 10.8 Å². The third-order valence-electron chi connectivity index (χ3n) is 2.28. The molecular formula is C12H17NO3S. The summed E-state index contributed by atoms with van der Waals surface area (Å²) in [7, 11) is -1.29. The maximum absolute atomic E-state index is 11.6. The maximum atomic E-state index is 11.6. The summed E-state index contributed by atoms with van der Waals surface area (Å²) >= 11 is 0. The molecule has 1 atom stereocenters. The minimum absolute atomic E-state index is 0.0708. The second kappa shape index (κ2) is 7.19. The number of aliphatic hydroxyl groups is 1. The molecule has 1 amide bonds. The van der Waals surface area contributed by atoms with Gasteiger partial charge in [-0.25, -0.2) is 0 Å². The Kier molecular flexibility index (Phi) is 5.86. The highest BCUT2D eigenvalue weighted by atomic mass is 32.2. The summed E-state index contributed by atoms with van der Waals surface area (Å²) in [6.07, 6.45) is 0.830. The first-order valence-corrected chi connectivity index (χ1v) is 6.99. The molecule has 4 nitrogen and oxygen atoms in total. The lowest BCUT2D eigenvalue weighted by Crippen LogP contribution is -2.22. The van der Waals surface area contributed by atoms with E-state index in [9.17, 15) is 9.00 Å². The zero-order valence-electron chi connectivity index (χ0n) is 9.81. The van der Waals surface area contributed by atoms with Crippen LogP contribution in [0.2, 0.25) is 0 Å². The highest BCUT2D eigenvalue weighted by Crippen LogP contribution is 2.15. The Morgan fingerprint density at radius 2 is 2.12 bits per heavy atom. The topological polar surface area (TPSA) is 66.4 Å². The van der Waals surface area contributed by atoms with Gasteiger partial charge < -0.3 is 10.4 Å². The van der Waals surface area contributed by atoms with E-state index in [0.29, 0.717) is 0 Å². The van der Waals surface area contributed by atoms with Crippen molar-refractivity contribution in [3.05, 3.63) is 29.8 Å². The summed E-state index contributed by atoms with van der Waals surface area (Å²) in [4.78, 5) is 11.6. The number of aliphatic hydroxyl groups excluding tert-OH is 1. The summed E-state index contributed by atoms with van der Waals surface area (Å²) < 4.78 is 11.3. The van der Waals surface area contributed by atoms with E-state index in [2.05, 4.69) is 5.32 Å². The highest BCUT2D eigenvalue weighted by Gasteiger charge is 2.09. The van der Waals surface area contributed by atoms with E-state index in [-0.39, 0.29) is 24.0 Å². The zero-order chi connectivity index (χ0) is 12.7. The van der Waals surface area contributed by atoms with Crippen molar-refractivity contribution in [3.63, 3.8) is 0 Å². The van der Waals surface area contributed by atoms with Crippen molar-refractivity contribution < 1.29 is 14.1 Å². The fourth-order valence-electron chi connectivity index (χ4n) is 1.46. The molecular weight excluding hydrogens is 238 g/mol. The van der Waals surface area contributed by atoms with Crippen LogP contribution in [0, 0.1) is 0 Å². The van der Waals surface area contributed by atoms with Crippen LogP contribution >= 0.6 is 0 Å². The maximum Gasteiger partial charge on any atom is 0.236 e. The lowest BCUT2D eigenvalue weighted by molar-refractivity contribution is -0.113. The Bertz CT molecular complexity index is 406. The zero-order valence-corrected chi connectivity index (χ0v) is 10.6. The summed E-state index contributed by atoms with van der Waals surface area (Å²) in [5.41, 5.74) is 1.81. The van der Waals surface area contributed by atoms with Crippen LogP contribution in [0.25, 0.3) is 0 Å². The molecule has 5 heteroatoms. The van der Waals surface area contributed by atoms with Gasteiger partial charge in [-0.05, 0) is 18.1 Å². The molecule has 17 heavy (non-hydrogen) atoms. The van der Waals surface area contributed by atoms with Crippen LogP contribution in [0.5, 0.6) is 0 Å². The van der Waals surface area contributed by atoms with Gasteiger partial charge in [-0.1, -0.05) is 25.1 Å². The number of carbonyl (C=O) groups is 1. The first kappa shape index (κ1) is 13.9. The van der Waals surface area contributed by atoms with Crippen molar-refractivity contribution in [2.45, 2.75) is 13.3 Å². The Labute approximate surface area is 104 Å². The molecule has 1 rings (SSSR count). The van der Waals surface area contributed by atoms with Crippen LogP contribution in [0.15, 0.2) is 24.3 Å². The lowest BCUT2D eigenvalue weighted by Gasteiger charge is -2.09. The smallest absolute Gasteiger partial charge is 0.236 e. The molecule has 0 aliphatic carbocycles. The Balaban J connectivity index is 2.59. The molecule has 1 aromatic carbocycles. The molecule has 0 fully saturated rings. The van der Waals surface area contributed by atoms with Crippen molar-refractivity contribution in [1.82, 2.24) is 0 Å². The number of aryl methyl sites for hydroxylation is 1. The first-order valence-electron chi connectivity index (χ1n) is 5.51. The molecule has 0 aromatic heterocycles. The number of carbonyl (C=O) groups excluding carboxylic acids is 1. The third-order valence-corrected chi connectivity index (χ3v) is 3.51. The second-order valence-electron chi connectivity index (χ2n) is 3.57. The second-order valence-corrected chi connectivity index (χ2v) is 5.15. The van der Waals surface area contributed by atoms with Gasteiger partial charge in [0, 0.05) is 22.2 Å². The van der Waals surface area contributed by atoms with Crippen molar-refractivity contribution in [3.8, 4) is 0 Å². The number of hydrogen-bond acceptors (Lipinski definition) is 3. The van der Waals surface area contributed by atoms with Gasteiger partial charge in [0.2, 0.25) is 5.91 Å². The number of rotatable bonds is 6. The molecule has 0 heterocycles. The molecule has 1 aromatic rings. The van der Waals surface area contributed by atoms with Crippen molar-refractivity contribution in [2.24, 2.45) is 0 Å². The molecule has 0 aliphatic rings. The molecule has 0 radical (unpaired) electrons. The molecule has 0 bridgehead atoms. The van der Waals surface area contributed by atoms with Crippen LogP contribution in [0.4, 0.5) is 5.69 Å². The monoisotopic (exact) mass is 255 g/mol. The molecule has 0 aliphatic heterocycles. The molecule has 94 valence electrons. The minimum atomic E-state index is -1.29. The Hall–Kier alpha value is -1.20. The van der Waals surface area contributed by atoms with Gasteiger partial charge in [0.15, 0.2) is 0 Å². The fourth-order valence-corrected chi connectivity index (χ4v) is 2.17. The summed E-state index contributed by atoms with van der Waals surface area (Å²) in [5, 5.41) is 11.3. The van der Waals surface area contributed by atoms with Crippen LogP contribution in [-0.4, -0.2) is 33.3 Å². The lowest BCUT2D eigenvalue weighted by atomic mass is 10.1. The Morgan fingerprint density at radius 1 is 1.41 bits per heavy atom. The van der Waals surface area contributed by atoms with Gasteiger partial charge in [0.05, 0.1) is 6.61 Å². The van der Waals surface area contributed by atoms with Gasteiger partial charge in [-0.15, -0.1) is 0 Å². The van der Waals surface area contributed by atoms with E-state index in [1.807, 2.05) is 31.2 Å². The quantitative estimate of drug-likeness (QED) is 0.794. The number of nitrogens with one attached hydrogen (secondary N) is 1. The Morgan fingerprint density at radius 3 is 2.76 bits per heavy atom. The summed E-state index contributed by atoms with van der Waals surface area (Å²) in [6, 6.07) is 7.53. The number of hydrogen-bond donors (Lipinski definition) is 2. The highest BCUT2D eigenvalue weighted by molar-refractivity contribution is 7.85. The average molecular weight is 255 g/mol. The molecule has 0 spiro atoms. The third kappa shape index (κ3) is 4.66. The molecule has 1 unspecified atom stereocenters. The van der Waals surface area contributed by atoms with Gasteiger partial charge in [0.25, 0.3) is 0 Å². The summed E-state index contributed by atoms with van der Waals surface area (Å²) in [6.45, 7) is 1.85. The van der Waals surface area contributed by atoms with Crippen molar-refractivity contribution in [1.29, 1.82) is 0 Å². The molecule has 2 N–H and O–H groups in total. The number of anilines is 1. The number of amides is 1. The number of para-hydroxylation sites is 1. The van der Waals surface area contributed by atoms with Gasteiger partial charge in [0.1, 0.15) is 5.75 Å². The van der Waals surface area contributed by atoms with Crippen LogP contribution in [-0.2, 0) is 22.0 Å². The normalized spacial score (nSPS) is 12.1. The predicted octanol–water partition coefficient (Wildman–Crippen LogP) is 0.928. The predicted molar refractivity (Wildman–Crippen MR) is 69.4 cm³/mol. The standard InChI is InChI=1S/C12H17NO3S/c1-2-10-5-3-4-6-11(10)13-12(15)9-17(16)8-7-14/h3-6,14H,2,7-9H2,1H3,(H,13,15). The van der Waals surface area contributed by atoms with E-state index in [1.165, 1.54) is 0 Å². The summed E-state index contributed by atoms with van der Waals surface area (Å²) in [5.74, 6) is -0.209. The minimum Gasteiger partial charge on any atom is -0.395 e.